The Labute approximate surface area is 91.5 Å². The summed E-state index contributed by atoms with van der Waals surface area (Å²) in [5, 5.41) is 0. The largest absolute Gasteiger partial charge is 0.260 e. The molecular formula is C11H17NO2S. The smallest absolute Gasteiger partial charge is 0.153 e. The van der Waals surface area contributed by atoms with Crippen molar-refractivity contribution in [1.82, 2.24) is 4.98 Å². The highest BCUT2D eigenvalue weighted by molar-refractivity contribution is 7.89. The van der Waals surface area contributed by atoms with Crippen molar-refractivity contribution in [2.24, 2.45) is 0 Å². The van der Waals surface area contributed by atoms with Crippen LogP contribution in [0.3, 0.4) is 0 Å². The van der Waals surface area contributed by atoms with Gasteiger partial charge < -0.3 is 0 Å². The van der Waals surface area contributed by atoms with Crippen LogP contribution in [0.4, 0.5) is 0 Å². The third-order valence-corrected chi connectivity index (χ3v) is 2.92. The van der Waals surface area contributed by atoms with Gasteiger partial charge in [0.05, 0.1) is 11.4 Å². The molecule has 3 nitrogen and oxygen atoms in total. The summed E-state index contributed by atoms with van der Waals surface area (Å²) in [5.74, 6) is 0.0113. The van der Waals surface area contributed by atoms with E-state index in [0.29, 0.717) is 5.69 Å². The summed E-state index contributed by atoms with van der Waals surface area (Å²) in [4.78, 5) is 4.15. The first kappa shape index (κ1) is 12.2. The summed E-state index contributed by atoms with van der Waals surface area (Å²) >= 11 is 0. The van der Waals surface area contributed by atoms with E-state index in [1.807, 2.05) is 6.07 Å². The Bertz CT molecular complexity index is 427. The van der Waals surface area contributed by atoms with Gasteiger partial charge in [-0.25, -0.2) is 8.42 Å². The third kappa shape index (κ3) is 4.00. The van der Waals surface area contributed by atoms with Crippen LogP contribution in [0, 0.1) is 0 Å². The van der Waals surface area contributed by atoms with Crippen molar-refractivity contribution in [1.29, 1.82) is 0 Å². The Balaban J connectivity index is 2.91. The molecule has 4 heteroatoms. The first-order valence-electron chi connectivity index (χ1n) is 4.81. The summed E-state index contributed by atoms with van der Waals surface area (Å²) in [5.41, 5.74) is 1.77. The predicted octanol–water partition coefficient (Wildman–Crippen LogP) is 1.92. The van der Waals surface area contributed by atoms with E-state index in [1.165, 1.54) is 6.26 Å². The minimum absolute atomic E-state index is 0.0113. The van der Waals surface area contributed by atoms with Crippen LogP contribution >= 0.6 is 0 Å². The first-order valence-corrected chi connectivity index (χ1v) is 6.88. The summed E-state index contributed by atoms with van der Waals surface area (Å²) in [6.45, 7) is 6.29. The quantitative estimate of drug-likeness (QED) is 0.775. The van der Waals surface area contributed by atoms with E-state index in [2.05, 4.69) is 25.8 Å². The van der Waals surface area contributed by atoms with Crippen molar-refractivity contribution in [3.05, 3.63) is 29.6 Å². The molecule has 1 aromatic heterocycles. The molecule has 0 unspecified atom stereocenters. The molecule has 84 valence electrons. The fourth-order valence-corrected chi connectivity index (χ4v) is 1.93. The molecule has 0 aliphatic carbocycles. The van der Waals surface area contributed by atoms with Crippen molar-refractivity contribution in [2.45, 2.75) is 31.9 Å². The van der Waals surface area contributed by atoms with E-state index in [1.54, 1.807) is 12.3 Å². The second kappa shape index (κ2) is 3.93. The van der Waals surface area contributed by atoms with E-state index in [9.17, 15) is 8.42 Å². The van der Waals surface area contributed by atoms with Crippen molar-refractivity contribution in [3.8, 4) is 0 Å². The summed E-state index contributed by atoms with van der Waals surface area (Å²) in [6.07, 6.45) is 2.97. The summed E-state index contributed by atoms with van der Waals surface area (Å²) < 4.78 is 22.1. The van der Waals surface area contributed by atoms with Crippen molar-refractivity contribution in [3.63, 3.8) is 0 Å². The zero-order valence-electron chi connectivity index (χ0n) is 9.61. The lowest BCUT2D eigenvalue weighted by Gasteiger charge is -2.18. The van der Waals surface area contributed by atoms with Crippen LogP contribution < -0.4 is 0 Å². The number of sulfone groups is 1. The molecule has 0 spiro atoms. The fourth-order valence-electron chi connectivity index (χ4n) is 1.22. The van der Waals surface area contributed by atoms with Gasteiger partial charge in [-0.15, -0.1) is 0 Å². The molecule has 0 radical (unpaired) electrons. The molecule has 0 N–H and O–H groups in total. The van der Waals surface area contributed by atoms with Crippen LogP contribution in [-0.2, 0) is 21.0 Å². The standard InChI is InChI=1S/C11H17NO2S/c1-11(2,3)9-5-6-10(12-7-9)8-15(4,13)14/h5-7H,8H2,1-4H3. The molecule has 0 bridgehead atoms. The molecule has 1 rings (SSSR count). The second-order valence-corrected chi connectivity index (χ2v) is 7.00. The van der Waals surface area contributed by atoms with Gasteiger partial charge in [0.1, 0.15) is 0 Å². The molecule has 15 heavy (non-hydrogen) atoms. The van der Waals surface area contributed by atoms with Crippen molar-refractivity contribution in [2.75, 3.05) is 6.26 Å². The van der Waals surface area contributed by atoms with Gasteiger partial charge in [0.25, 0.3) is 0 Å². The van der Waals surface area contributed by atoms with E-state index in [0.717, 1.165) is 5.56 Å². The lowest BCUT2D eigenvalue weighted by molar-refractivity contribution is 0.586. The van der Waals surface area contributed by atoms with Crippen LogP contribution in [0.1, 0.15) is 32.0 Å². The average molecular weight is 227 g/mol. The van der Waals surface area contributed by atoms with Crippen LogP contribution in [0.2, 0.25) is 0 Å². The maximum absolute atomic E-state index is 11.0. The number of rotatable bonds is 2. The number of hydrogen-bond donors (Lipinski definition) is 0. The molecule has 0 saturated carbocycles. The van der Waals surface area contributed by atoms with Gasteiger partial charge >= 0.3 is 0 Å². The van der Waals surface area contributed by atoms with Gasteiger partial charge in [-0.1, -0.05) is 26.8 Å². The van der Waals surface area contributed by atoms with Gasteiger partial charge in [-0.3, -0.25) is 4.98 Å². The predicted molar refractivity (Wildman–Crippen MR) is 61.5 cm³/mol. The highest BCUT2D eigenvalue weighted by Gasteiger charge is 2.14. The Hall–Kier alpha value is -0.900. The van der Waals surface area contributed by atoms with Gasteiger partial charge in [-0.2, -0.15) is 0 Å². The molecule has 0 aromatic carbocycles. The Morgan fingerprint density at radius 3 is 2.20 bits per heavy atom. The third-order valence-electron chi connectivity index (χ3n) is 2.10. The van der Waals surface area contributed by atoms with Crippen molar-refractivity contribution < 1.29 is 8.42 Å². The molecule has 0 aliphatic rings. The van der Waals surface area contributed by atoms with Gasteiger partial charge in [0.2, 0.25) is 0 Å². The van der Waals surface area contributed by atoms with Crippen molar-refractivity contribution >= 4 is 9.84 Å². The number of aromatic nitrogens is 1. The Kier molecular flexibility index (Phi) is 3.19. The molecule has 0 amide bonds. The van der Waals surface area contributed by atoms with E-state index in [-0.39, 0.29) is 11.2 Å². The minimum Gasteiger partial charge on any atom is -0.260 e. The molecule has 0 aliphatic heterocycles. The number of hydrogen-bond acceptors (Lipinski definition) is 3. The monoisotopic (exact) mass is 227 g/mol. The van der Waals surface area contributed by atoms with Crippen LogP contribution in [0.25, 0.3) is 0 Å². The lowest BCUT2D eigenvalue weighted by Crippen LogP contribution is -2.12. The highest BCUT2D eigenvalue weighted by atomic mass is 32.2. The first-order chi connectivity index (χ1) is 6.68. The normalized spacial score (nSPS) is 12.8. The average Bonchev–Trinajstić information content (AvgIpc) is 2.00. The summed E-state index contributed by atoms with van der Waals surface area (Å²) in [6, 6.07) is 3.72. The Morgan fingerprint density at radius 1 is 1.27 bits per heavy atom. The van der Waals surface area contributed by atoms with Crippen LogP contribution in [-0.4, -0.2) is 19.7 Å². The maximum Gasteiger partial charge on any atom is 0.153 e. The molecule has 0 atom stereocenters. The highest BCUT2D eigenvalue weighted by Crippen LogP contribution is 2.21. The number of pyridine rings is 1. The van der Waals surface area contributed by atoms with E-state index in [4.69, 9.17) is 0 Å². The molecule has 1 heterocycles. The maximum atomic E-state index is 11.0. The second-order valence-electron chi connectivity index (χ2n) is 4.86. The molecular weight excluding hydrogens is 210 g/mol. The fraction of sp³-hybridized carbons (Fsp3) is 0.545. The molecule has 1 aromatic rings. The van der Waals surface area contributed by atoms with E-state index < -0.39 is 9.84 Å². The number of nitrogens with zero attached hydrogens (tertiary/aromatic N) is 1. The van der Waals surface area contributed by atoms with Crippen LogP contribution in [0.15, 0.2) is 18.3 Å². The Morgan fingerprint density at radius 2 is 1.87 bits per heavy atom. The van der Waals surface area contributed by atoms with Gasteiger partial charge in [-0.05, 0) is 17.0 Å². The van der Waals surface area contributed by atoms with E-state index >= 15 is 0 Å². The molecule has 0 fully saturated rings. The van der Waals surface area contributed by atoms with Gasteiger partial charge in [0, 0.05) is 12.5 Å². The van der Waals surface area contributed by atoms with Crippen LogP contribution in [0.5, 0.6) is 0 Å². The zero-order valence-corrected chi connectivity index (χ0v) is 10.4. The zero-order chi connectivity index (χ0) is 11.7. The summed E-state index contributed by atoms with van der Waals surface area (Å²) in [7, 11) is -2.99. The topological polar surface area (TPSA) is 47.0 Å². The van der Waals surface area contributed by atoms with Gasteiger partial charge in [0.15, 0.2) is 9.84 Å². The molecule has 0 saturated heterocycles. The lowest BCUT2D eigenvalue weighted by atomic mass is 9.88. The SMILES string of the molecule is CC(C)(C)c1ccc(CS(C)(=O)=O)nc1. The minimum atomic E-state index is -2.99.